The minimum absolute atomic E-state index is 0.173. The van der Waals surface area contributed by atoms with Gasteiger partial charge in [-0.15, -0.1) is 0 Å². The topological polar surface area (TPSA) is 63.7 Å². The average Bonchev–Trinajstić information content (AvgIpc) is 3.03. The molecule has 4 rings (SSSR count). The number of hydrogen-bond donors (Lipinski definition) is 0. The van der Waals surface area contributed by atoms with Crippen molar-refractivity contribution in [2.45, 2.75) is 5.92 Å². The molecular formula is C22H11Cl4NO4. The molecule has 0 saturated heterocycles. The van der Waals surface area contributed by atoms with Gasteiger partial charge in [-0.3, -0.25) is 9.59 Å². The lowest BCUT2D eigenvalue weighted by Crippen LogP contribution is -2.35. The Morgan fingerprint density at radius 1 is 0.677 bits per heavy atom. The monoisotopic (exact) mass is 493 g/mol. The molecule has 0 unspecified atom stereocenters. The standard InChI is InChI=1S/C22H11Cl4NO4/c23-16-14-15(17(24)19(26)18(16)25)21(29)27(20(14)28)31-22(30)13(11-7-3-1-4-8-11)12-9-5-2-6-10-12/h1-10,13H. The van der Waals surface area contributed by atoms with Crippen molar-refractivity contribution in [1.29, 1.82) is 0 Å². The lowest BCUT2D eigenvalue weighted by atomic mass is 9.91. The Kier molecular flexibility index (Phi) is 5.95. The predicted octanol–water partition coefficient (Wildman–Crippen LogP) is 6.19. The van der Waals surface area contributed by atoms with Gasteiger partial charge in [-0.2, -0.15) is 0 Å². The smallest absolute Gasteiger partial charge is 0.329 e. The Bertz CT molecular complexity index is 1130. The molecule has 1 heterocycles. The molecule has 5 nitrogen and oxygen atoms in total. The lowest BCUT2D eigenvalue weighted by Gasteiger charge is -2.20. The van der Waals surface area contributed by atoms with Crippen LogP contribution in [0.1, 0.15) is 37.8 Å². The lowest BCUT2D eigenvalue weighted by molar-refractivity contribution is -0.169. The van der Waals surface area contributed by atoms with Crippen molar-refractivity contribution in [3.8, 4) is 0 Å². The van der Waals surface area contributed by atoms with Gasteiger partial charge >= 0.3 is 5.97 Å². The molecule has 0 bridgehead atoms. The largest absolute Gasteiger partial charge is 0.345 e. The number of rotatable bonds is 4. The maximum Gasteiger partial charge on any atom is 0.345 e. The van der Waals surface area contributed by atoms with Gasteiger partial charge in [-0.25, -0.2) is 4.79 Å². The molecule has 156 valence electrons. The highest BCUT2D eigenvalue weighted by atomic mass is 35.5. The van der Waals surface area contributed by atoms with Gasteiger partial charge in [0, 0.05) is 0 Å². The molecule has 3 aromatic carbocycles. The summed E-state index contributed by atoms with van der Waals surface area (Å²) in [6, 6.07) is 17.7. The van der Waals surface area contributed by atoms with E-state index in [1.165, 1.54) is 0 Å². The number of carbonyl (C=O) groups excluding carboxylic acids is 3. The fraction of sp³-hybridized carbons (Fsp3) is 0.0455. The fourth-order valence-electron chi connectivity index (χ4n) is 3.31. The molecular weight excluding hydrogens is 484 g/mol. The van der Waals surface area contributed by atoms with Crippen LogP contribution in [-0.2, 0) is 9.63 Å². The maximum atomic E-state index is 13.2. The average molecular weight is 495 g/mol. The Morgan fingerprint density at radius 2 is 1.06 bits per heavy atom. The highest BCUT2D eigenvalue weighted by Crippen LogP contribution is 2.45. The third kappa shape index (κ3) is 3.68. The van der Waals surface area contributed by atoms with Crippen molar-refractivity contribution in [2.75, 3.05) is 0 Å². The first-order chi connectivity index (χ1) is 14.8. The van der Waals surface area contributed by atoms with Crippen LogP contribution in [-0.4, -0.2) is 22.8 Å². The maximum absolute atomic E-state index is 13.2. The highest BCUT2D eigenvalue weighted by molar-refractivity contribution is 6.55. The van der Waals surface area contributed by atoms with E-state index in [1.807, 2.05) is 0 Å². The van der Waals surface area contributed by atoms with Crippen LogP contribution >= 0.6 is 46.4 Å². The van der Waals surface area contributed by atoms with E-state index in [4.69, 9.17) is 51.2 Å². The number of amides is 2. The first-order valence-electron chi connectivity index (χ1n) is 8.89. The van der Waals surface area contributed by atoms with Gasteiger partial charge in [0.05, 0.1) is 31.2 Å². The second kappa shape index (κ2) is 8.52. The third-order valence-corrected chi connectivity index (χ3v) is 6.55. The summed E-state index contributed by atoms with van der Waals surface area (Å²) >= 11 is 24.2. The van der Waals surface area contributed by atoms with Crippen molar-refractivity contribution >= 4 is 64.2 Å². The van der Waals surface area contributed by atoms with Crippen LogP contribution in [0.4, 0.5) is 0 Å². The molecule has 0 aromatic heterocycles. The second-order valence-corrected chi connectivity index (χ2v) is 8.09. The Labute approximate surface area is 197 Å². The van der Waals surface area contributed by atoms with Crippen LogP contribution in [0, 0.1) is 0 Å². The van der Waals surface area contributed by atoms with Crippen LogP contribution in [0.5, 0.6) is 0 Å². The number of nitrogens with zero attached hydrogens (tertiary/aromatic N) is 1. The SMILES string of the molecule is O=C(ON1C(=O)c2c(Cl)c(Cl)c(Cl)c(Cl)c2C1=O)C(c1ccccc1)c1ccccc1. The summed E-state index contributed by atoms with van der Waals surface area (Å²) in [5.41, 5.74) is 0.708. The quantitative estimate of drug-likeness (QED) is 0.246. The van der Waals surface area contributed by atoms with Crippen LogP contribution in [0.2, 0.25) is 20.1 Å². The van der Waals surface area contributed by atoms with Crippen molar-refractivity contribution in [1.82, 2.24) is 5.06 Å². The number of hydroxylamine groups is 2. The fourth-order valence-corrected chi connectivity index (χ4v) is 4.32. The zero-order valence-corrected chi connectivity index (χ0v) is 18.5. The van der Waals surface area contributed by atoms with Crippen molar-refractivity contribution < 1.29 is 19.2 Å². The third-order valence-electron chi connectivity index (χ3n) is 4.75. The van der Waals surface area contributed by atoms with Crippen molar-refractivity contribution in [3.05, 3.63) is 103 Å². The highest BCUT2D eigenvalue weighted by Gasteiger charge is 2.45. The molecule has 1 aliphatic rings. The van der Waals surface area contributed by atoms with E-state index in [-0.39, 0.29) is 31.2 Å². The number of carbonyl (C=O) groups is 3. The minimum Gasteiger partial charge on any atom is -0.329 e. The van der Waals surface area contributed by atoms with Gasteiger partial charge < -0.3 is 4.84 Å². The van der Waals surface area contributed by atoms with E-state index in [0.29, 0.717) is 16.2 Å². The van der Waals surface area contributed by atoms with E-state index in [1.54, 1.807) is 60.7 Å². The van der Waals surface area contributed by atoms with E-state index >= 15 is 0 Å². The number of imide groups is 1. The van der Waals surface area contributed by atoms with Gasteiger partial charge in [0.1, 0.15) is 5.92 Å². The zero-order chi connectivity index (χ0) is 22.3. The zero-order valence-electron chi connectivity index (χ0n) is 15.4. The first-order valence-corrected chi connectivity index (χ1v) is 10.4. The molecule has 2 amide bonds. The summed E-state index contributed by atoms with van der Waals surface area (Å²) in [6.07, 6.45) is 0. The van der Waals surface area contributed by atoms with E-state index in [0.717, 1.165) is 0 Å². The van der Waals surface area contributed by atoms with Gasteiger partial charge in [0.25, 0.3) is 11.8 Å². The summed E-state index contributed by atoms with van der Waals surface area (Å²) < 4.78 is 0. The number of fused-ring (bicyclic) bond motifs is 1. The van der Waals surface area contributed by atoms with Gasteiger partial charge in [0.15, 0.2) is 0 Å². The molecule has 31 heavy (non-hydrogen) atoms. The summed E-state index contributed by atoms with van der Waals surface area (Å²) in [5.74, 6) is -3.64. The predicted molar refractivity (Wildman–Crippen MR) is 118 cm³/mol. The normalized spacial score (nSPS) is 13.0. The van der Waals surface area contributed by atoms with Gasteiger partial charge in [-0.05, 0) is 11.1 Å². The van der Waals surface area contributed by atoms with Crippen molar-refractivity contribution in [3.63, 3.8) is 0 Å². The van der Waals surface area contributed by atoms with E-state index in [9.17, 15) is 14.4 Å². The number of hydrogen-bond acceptors (Lipinski definition) is 4. The van der Waals surface area contributed by atoms with Crippen LogP contribution in [0.3, 0.4) is 0 Å². The summed E-state index contributed by atoms with van der Waals surface area (Å²) in [7, 11) is 0. The second-order valence-electron chi connectivity index (χ2n) is 6.58. The molecule has 3 aromatic rings. The molecule has 0 atom stereocenters. The molecule has 0 spiro atoms. The molecule has 0 fully saturated rings. The molecule has 1 aliphatic heterocycles. The molecule has 0 aliphatic carbocycles. The number of halogens is 4. The summed E-state index contributed by atoms with van der Waals surface area (Å²) in [6.45, 7) is 0. The molecule has 0 N–H and O–H groups in total. The minimum atomic E-state index is -0.960. The first kappa shape index (κ1) is 21.7. The van der Waals surface area contributed by atoms with Crippen LogP contribution in [0.15, 0.2) is 60.7 Å². The Morgan fingerprint density at radius 3 is 1.45 bits per heavy atom. The van der Waals surface area contributed by atoms with E-state index in [2.05, 4.69) is 0 Å². The van der Waals surface area contributed by atoms with E-state index < -0.39 is 23.7 Å². The Hall–Kier alpha value is -2.57. The molecule has 0 saturated carbocycles. The molecule has 0 radical (unpaired) electrons. The summed E-state index contributed by atoms with van der Waals surface area (Å²) in [4.78, 5) is 44.1. The molecule has 9 heteroatoms. The van der Waals surface area contributed by atoms with Gasteiger partial charge in [-0.1, -0.05) is 112 Å². The summed E-state index contributed by atoms with van der Waals surface area (Å²) in [5, 5.41) is -0.506. The Balaban J connectivity index is 1.72. The van der Waals surface area contributed by atoms with Gasteiger partial charge in [0.2, 0.25) is 0 Å². The van der Waals surface area contributed by atoms with Crippen LogP contribution in [0.25, 0.3) is 0 Å². The van der Waals surface area contributed by atoms with Crippen LogP contribution < -0.4 is 0 Å². The van der Waals surface area contributed by atoms with Crippen molar-refractivity contribution in [2.24, 2.45) is 0 Å². The number of benzene rings is 3.